The summed E-state index contributed by atoms with van der Waals surface area (Å²) in [6.45, 7) is 1.40. The number of piperidine rings is 1. The van der Waals surface area contributed by atoms with Gasteiger partial charge in [-0.15, -0.1) is 0 Å². The second kappa shape index (κ2) is 9.10. The fourth-order valence-electron chi connectivity index (χ4n) is 3.85. The van der Waals surface area contributed by atoms with Crippen molar-refractivity contribution in [3.05, 3.63) is 59.7 Å². The SMILES string of the molecule is O=C(NCC1COc2ccccc2O1)C1CCN(C(=O)c2ccc(C(F)(F)F)cc2)CC1. The van der Waals surface area contributed by atoms with E-state index in [-0.39, 0.29) is 29.4 Å². The number of likely N-dealkylation sites (tertiary alicyclic amines) is 1. The Morgan fingerprint density at radius 3 is 2.31 bits per heavy atom. The first kappa shape index (κ1) is 22.0. The zero-order chi connectivity index (χ0) is 22.7. The number of halogens is 3. The lowest BCUT2D eigenvalue weighted by molar-refractivity contribution is -0.137. The molecule has 9 heteroatoms. The van der Waals surface area contributed by atoms with Crippen LogP contribution in [0.3, 0.4) is 0 Å². The van der Waals surface area contributed by atoms with Gasteiger partial charge in [0.25, 0.3) is 5.91 Å². The van der Waals surface area contributed by atoms with Gasteiger partial charge in [-0.1, -0.05) is 12.1 Å². The number of hydrogen-bond donors (Lipinski definition) is 1. The highest BCUT2D eigenvalue weighted by molar-refractivity contribution is 5.94. The van der Waals surface area contributed by atoms with Gasteiger partial charge in [-0.25, -0.2) is 0 Å². The van der Waals surface area contributed by atoms with Crippen LogP contribution in [-0.4, -0.2) is 49.1 Å². The minimum atomic E-state index is -4.44. The molecule has 0 radical (unpaired) electrons. The maximum atomic E-state index is 12.7. The smallest absolute Gasteiger partial charge is 0.416 e. The number of carbonyl (C=O) groups is 2. The molecule has 6 nitrogen and oxygen atoms in total. The first-order valence-electron chi connectivity index (χ1n) is 10.4. The fourth-order valence-corrected chi connectivity index (χ4v) is 3.85. The summed E-state index contributed by atoms with van der Waals surface area (Å²) in [4.78, 5) is 26.7. The van der Waals surface area contributed by atoms with Crippen LogP contribution < -0.4 is 14.8 Å². The molecule has 1 saturated heterocycles. The van der Waals surface area contributed by atoms with Crippen LogP contribution in [0.1, 0.15) is 28.8 Å². The molecule has 0 aromatic heterocycles. The zero-order valence-electron chi connectivity index (χ0n) is 17.2. The Bertz CT molecular complexity index is 970. The number of fused-ring (bicyclic) bond motifs is 1. The molecule has 0 saturated carbocycles. The summed E-state index contributed by atoms with van der Waals surface area (Å²) in [5.41, 5.74) is -0.587. The predicted molar refractivity (Wildman–Crippen MR) is 109 cm³/mol. The van der Waals surface area contributed by atoms with Gasteiger partial charge in [-0.2, -0.15) is 13.2 Å². The molecule has 1 N–H and O–H groups in total. The lowest BCUT2D eigenvalue weighted by atomic mass is 9.95. The molecule has 0 bridgehead atoms. The van der Waals surface area contributed by atoms with E-state index >= 15 is 0 Å². The normalized spacial score (nSPS) is 18.8. The number of alkyl halides is 3. The number of hydrogen-bond acceptors (Lipinski definition) is 4. The topological polar surface area (TPSA) is 67.9 Å². The van der Waals surface area contributed by atoms with Crippen LogP contribution in [-0.2, 0) is 11.0 Å². The molecule has 2 heterocycles. The van der Waals surface area contributed by atoms with Crippen molar-refractivity contribution < 1.29 is 32.2 Å². The first-order valence-corrected chi connectivity index (χ1v) is 10.4. The van der Waals surface area contributed by atoms with Gasteiger partial charge in [0.15, 0.2) is 11.5 Å². The van der Waals surface area contributed by atoms with Gasteiger partial charge in [0.2, 0.25) is 5.91 Å². The van der Waals surface area contributed by atoms with Crippen molar-refractivity contribution in [2.24, 2.45) is 5.92 Å². The first-order chi connectivity index (χ1) is 15.3. The molecule has 170 valence electrons. The molecule has 0 spiro atoms. The van der Waals surface area contributed by atoms with E-state index in [1.807, 2.05) is 24.3 Å². The summed E-state index contributed by atoms with van der Waals surface area (Å²) >= 11 is 0. The monoisotopic (exact) mass is 448 g/mol. The minimum Gasteiger partial charge on any atom is -0.486 e. The minimum absolute atomic E-state index is 0.103. The summed E-state index contributed by atoms with van der Waals surface area (Å²) in [5.74, 6) is 0.662. The second-order valence-corrected chi connectivity index (χ2v) is 7.88. The average Bonchev–Trinajstić information content (AvgIpc) is 2.81. The summed E-state index contributed by atoms with van der Waals surface area (Å²) in [5, 5.41) is 2.90. The standard InChI is InChI=1S/C23H23F3N2O4/c24-23(25,26)17-7-5-16(6-8-17)22(30)28-11-9-15(10-12-28)21(29)27-13-18-14-31-19-3-1-2-4-20(19)32-18/h1-8,15,18H,9-14H2,(H,27,29). The van der Waals surface area contributed by atoms with Crippen LogP contribution in [0.25, 0.3) is 0 Å². The van der Waals surface area contributed by atoms with Crippen molar-refractivity contribution in [2.75, 3.05) is 26.2 Å². The van der Waals surface area contributed by atoms with Gasteiger partial charge in [0.05, 0.1) is 12.1 Å². The summed E-state index contributed by atoms with van der Waals surface area (Å²) in [6, 6.07) is 11.5. The third-order valence-electron chi connectivity index (χ3n) is 5.68. The third-order valence-corrected chi connectivity index (χ3v) is 5.68. The molecular formula is C23H23F3N2O4. The van der Waals surface area contributed by atoms with Crippen molar-refractivity contribution in [3.63, 3.8) is 0 Å². The van der Waals surface area contributed by atoms with Gasteiger partial charge in [-0.05, 0) is 49.2 Å². The van der Waals surface area contributed by atoms with Gasteiger partial charge < -0.3 is 19.7 Å². The Labute approximate surface area is 183 Å². The van der Waals surface area contributed by atoms with E-state index in [1.165, 1.54) is 12.1 Å². The molecule has 2 aromatic carbocycles. The number of nitrogens with zero attached hydrogens (tertiary/aromatic N) is 1. The molecule has 0 aliphatic carbocycles. The third kappa shape index (κ3) is 4.98. The Morgan fingerprint density at radius 1 is 1.00 bits per heavy atom. The predicted octanol–water partition coefficient (Wildman–Crippen LogP) is 3.51. The Morgan fingerprint density at radius 2 is 1.66 bits per heavy atom. The highest BCUT2D eigenvalue weighted by atomic mass is 19.4. The molecule has 1 unspecified atom stereocenters. The van der Waals surface area contributed by atoms with Crippen molar-refractivity contribution in [3.8, 4) is 11.5 Å². The zero-order valence-corrected chi connectivity index (χ0v) is 17.2. The summed E-state index contributed by atoms with van der Waals surface area (Å²) in [6.07, 6.45) is -3.74. The van der Waals surface area contributed by atoms with Crippen molar-refractivity contribution in [1.82, 2.24) is 10.2 Å². The molecule has 1 atom stereocenters. The van der Waals surface area contributed by atoms with E-state index in [9.17, 15) is 22.8 Å². The van der Waals surface area contributed by atoms with Crippen LogP contribution in [0.2, 0.25) is 0 Å². The highest BCUT2D eigenvalue weighted by Crippen LogP contribution is 2.31. The lowest BCUT2D eigenvalue weighted by Crippen LogP contribution is -2.46. The van der Waals surface area contributed by atoms with Gasteiger partial charge in [0, 0.05) is 24.6 Å². The van der Waals surface area contributed by atoms with E-state index < -0.39 is 11.7 Å². The number of nitrogens with one attached hydrogen (secondary N) is 1. The van der Waals surface area contributed by atoms with Gasteiger partial charge in [0.1, 0.15) is 12.7 Å². The van der Waals surface area contributed by atoms with Crippen LogP contribution >= 0.6 is 0 Å². The van der Waals surface area contributed by atoms with Crippen LogP contribution in [0.5, 0.6) is 11.5 Å². The molecule has 2 aliphatic rings. The molecule has 1 fully saturated rings. The van der Waals surface area contributed by atoms with E-state index in [0.717, 1.165) is 12.1 Å². The maximum absolute atomic E-state index is 12.7. The van der Waals surface area contributed by atoms with E-state index in [4.69, 9.17) is 9.47 Å². The Hall–Kier alpha value is -3.23. The van der Waals surface area contributed by atoms with Crippen molar-refractivity contribution in [1.29, 1.82) is 0 Å². The van der Waals surface area contributed by atoms with Gasteiger partial charge >= 0.3 is 6.18 Å². The van der Waals surface area contributed by atoms with Crippen LogP contribution in [0.15, 0.2) is 48.5 Å². The largest absolute Gasteiger partial charge is 0.486 e. The Kier molecular flexibility index (Phi) is 6.25. The number of ether oxygens (including phenoxy) is 2. The van der Waals surface area contributed by atoms with Crippen molar-refractivity contribution in [2.45, 2.75) is 25.1 Å². The highest BCUT2D eigenvalue weighted by Gasteiger charge is 2.32. The number of amides is 2. The van der Waals surface area contributed by atoms with Crippen LogP contribution in [0, 0.1) is 5.92 Å². The maximum Gasteiger partial charge on any atom is 0.416 e. The molecule has 2 amide bonds. The molecular weight excluding hydrogens is 425 g/mol. The average molecular weight is 448 g/mol. The fraction of sp³-hybridized carbons (Fsp3) is 0.391. The summed E-state index contributed by atoms with van der Waals surface area (Å²) < 4.78 is 49.6. The molecule has 4 rings (SSSR count). The number of rotatable bonds is 4. The number of para-hydroxylation sites is 2. The summed E-state index contributed by atoms with van der Waals surface area (Å²) in [7, 11) is 0. The van der Waals surface area contributed by atoms with Gasteiger partial charge in [-0.3, -0.25) is 9.59 Å². The molecule has 2 aromatic rings. The van der Waals surface area contributed by atoms with Crippen LogP contribution in [0.4, 0.5) is 13.2 Å². The van der Waals surface area contributed by atoms with E-state index in [0.29, 0.717) is 50.6 Å². The Balaban J connectivity index is 1.24. The molecule has 2 aliphatic heterocycles. The van der Waals surface area contributed by atoms with E-state index in [1.54, 1.807) is 4.90 Å². The quantitative estimate of drug-likeness (QED) is 0.778. The number of carbonyl (C=O) groups excluding carboxylic acids is 2. The van der Waals surface area contributed by atoms with E-state index in [2.05, 4.69) is 5.32 Å². The lowest BCUT2D eigenvalue weighted by Gasteiger charge is -2.32. The second-order valence-electron chi connectivity index (χ2n) is 7.88. The number of benzene rings is 2. The molecule has 32 heavy (non-hydrogen) atoms. The van der Waals surface area contributed by atoms with Crippen molar-refractivity contribution >= 4 is 11.8 Å².